The van der Waals surface area contributed by atoms with Gasteiger partial charge in [-0.05, 0) is 37.7 Å². The maximum absolute atomic E-state index is 4.56. The molecule has 1 aromatic carbocycles. The second kappa shape index (κ2) is 7.14. The van der Waals surface area contributed by atoms with E-state index in [1.54, 1.807) is 11.8 Å². The first-order valence-corrected chi connectivity index (χ1v) is 8.34. The fourth-order valence-electron chi connectivity index (χ4n) is 1.96. The SMILES string of the molecule is Cc1nc(SCC(CS)c2ccccc2)nc(C)c1C. The molecule has 0 aliphatic carbocycles. The van der Waals surface area contributed by atoms with Gasteiger partial charge in [-0.15, -0.1) is 0 Å². The summed E-state index contributed by atoms with van der Waals surface area (Å²) < 4.78 is 0. The molecule has 20 heavy (non-hydrogen) atoms. The number of thioether (sulfide) groups is 1. The van der Waals surface area contributed by atoms with Crippen molar-refractivity contribution in [3.05, 3.63) is 52.8 Å². The first-order chi connectivity index (χ1) is 9.61. The lowest BCUT2D eigenvalue weighted by atomic mass is 10.0. The first-order valence-electron chi connectivity index (χ1n) is 6.72. The lowest BCUT2D eigenvalue weighted by Crippen LogP contribution is -2.05. The standard InChI is InChI=1S/C16H20N2S2/c1-11-12(2)17-16(18-13(11)3)20-10-15(9-19)14-7-5-4-6-8-14/h4-8,15,19H,9-10H2,1-3H3. The number of aromatic nitrogens is 2. The number of hydrogen-bond donors (Lipinski definition) is 1. The number of thiol groups is 1. The molecule has 106 valence electrons. The molecule has 0 spiro atoms. The van der Waals surface area contributed by atoms with Crippen LogP contribution in [0.4, 0.5) is 0 Å². The molecule has 0 aliphatic heterocycles. The Morgan fingerprint density at radius 1 is 1.05 bits per heavy atom. The summed E-state index contributed by atoms with van der Waals surface area (Å²) >= 11 is 6.19. The van der Waals surface area contributed by atoms with E-state index < -0.39 is 0 Å². The Morgan fingerprint density at radius 2 is 1.65 bits per heavy atom. The van der Waals surface area contributed by atoms with Gasteiger partial charge >= 0.3 is 0 Å². The minimum Gasteiger partial charge on any atom is -0.228 e. The van der Waals surface area contributed by atoms with Crippen LogP contribution in [0.2, 0.25) is 0 Å². The predicted molar refractivity (Wildman–Crippen MR) is 90.0 cm³/mol. The van der Waals surface area contributed by atoms with Crippen molar-refractivity contribution < 1.29 is 0 Å². The van der Waals surface area contributed by atoms with Gasteiger partial charge in [0.15, 0.2) is 5.16 Å². The third-order valence-corrected chi connectivity index (χ3v) is 4.97. The van der Waals surface area contributed by atoms with Crippen molar-refractivity contribution in [2.75, 3.05) is 11.5 Å². The van der Waals surface area contributed by atoms with Crippen molar-refractivity contribution in [2.45, 2.75) is 31.8 Å². The molecule has 2 aromatic rings. The Hall–Kier alpha value is -1.00. The third-order valence-electron chi connectivity index (χ3n) is 3.52. The van der Waals surface area contributed by atoms with E-state index in [0.29, 0.717) is 5.92 Å². The molecule has 0 amide bonds. The van der Waals surface area contributed by atoms with Gasteiger partial charge in [-0.25, -0.2) is 9.97 Å². The van der Waals surface area contributed by atoms with Gasteiger partial charge in [-0.1, -0.05) is 42.1 Å². The van der Waals surface area contributed by atoms with Gasteiger partial charge < -0.3 is 0 Å². The highest BCUT2D eigenvalue weighted by Gasteiger charge is 2.12. The Labute approximate surface area is 130 Å². The molecular weight excluding hydrogens is 284 g/mol. The molecule has 1 heterocycles. The Balaban J connectivity index is 2.07. The molecule has 0 fully saturated rings. The van der Waals surface area contributed by atoms with E-state index in [9.17, 15) is 0 Å². The first kappa shape index (κ1) is 15.4. The van der Waals surface area contributed by atoms with Crippen molar-refractivity contribution in [1.29, 1.82) is 0 Å². The number of hydrogen-bond acceptors (Lipinski definition) is 4. The summed E-state index contributed by atoms with van der Waals surface area (Å²) in [5.74, 6) is 2.21. The summed E-state index contributed by atoms with van der Waals surface area (Å²) in [6.45, 7) is 6.16. The average molecular weight is 304 g/mol. The molecule has 2 rings (SSSR count). The Kier molecular flexibility index (Phi) is 5.49. The number of rotatable bonds is 5. The summed E-state index contributed by atoms with van der Waals surface area (Å²) in [4.78, 5) is 9.12. The summed E-state index contributed by atoms with van der Waals surface area (Å²) in [7, 11) is 0. The van der Waals surface area contributed by atoms with Gasteiger partial charge in [0.25, 0.3) is 0 Å². The molecule has 1 aromatic heterocycles. The van der Waals surface area contributed by atoms with Crippen LogP contribution in [0.5, 0.6) is 0 Å². The van der Waals surface area contributed by atoms with E-state index in [4.69, 9.17) is 0 Å². The monoisotopic (exact) mass is 304 g/mol. The van der Waals surface area contributed by atoms with Crippen LogP contribution >= 0.6 is 24.4 Å². The van der Waals surface area contributed by atoms with Crippen LogP contribution < -0.4 is 0 Å². The fraction of sp³-hybridized carbons (Fsp3) is 0.375. The smallest absolute Gasteiger partial charge is 0.188 e. The van der Waals surface area contributed by atoms with Gasteiger partial charge in [-0.2, -0.15) is 12.6 Å². The number of benzene rings is 1. The van der Waals surface area contributed by atoms with Gasteiger partial charge in [-0.3, -0.25) is 0 Å². The van der Waals surface area contributed by atoms with Crippen molar-refractivity contribution in [3.63, 3.8) is 0 Å². The molecule has 0 aliphatic rings. The van der Waals surface area contributed by atoms with E-state index in [1.807, 2.05) is 19.9 Å². The molecule has 2 nitrogen and oxygen atoms in total. The highest BCUT2D eigenvalue weighted by Crippen LogP contribution is 2.26. The van der Waals surface area contributed by atoms with Gasteiger partial charge in [0.1, 0.15) is 0 Å². The van der Waals surface area contributed by atoms with Gasteiger partial charge in [0.2, 0.25) is 0 Å². The lowest BCUT2D eigenvalue weighted by Gasteiger charge is -2.14. The van der Waals surface area contributed by atoms with Crippen LogP contribution in [0.3, 0.4) is 0 Å². The molecule has 1 atom stereocenters. The number of aryl methyl sites for hydroxylation is 2. The van der Waals surface area contributed by atoms with Crippen molar-refractivity contribution in [1.82, 2.24) is 9.97 Å². The zero-order valence-electron chi connectivity index (χ0n) is 12.1. The average Bonchev–Trinajstić information content (AvgIpc) is 2.46. The second-order valence-corrected chi connectivity index (χ2v) is 6.26. The van der Waals surface area contributed by atoms with E-state index in [0.717, 1.165) is 28.0 Å². The Morgan fingerprint density at radius 3 is 2.20 bits per heavy atom. The highest BCUT2D eigenvalue weighted by atomic mass is 32.2. The third kappa shape index (κ3) is 3.76. The van der Waals surface area contributed by atoms with Crippen LogP contribution in [-0.2, 0) is 0 Å². The summed E-state index contributed by atoms with van der Waals surface area (Å²) in [6, 6.07) is 10.5. The summed E-state index contributed by atoms with van der Waals surface area (Å²) in [5, 5.41) is 0.869. The number of nitrogens with zero attached hydrogens (tertiary/aromatic N) is 2. The van der Waals surface area contributed by atoms with Crippen LogP contribution in [0, 0.1) is 20.8 Å². The molecule has 0 saturated heterocycles. The minimum absolute atomic E-state index is 0.426. The van der Waals surface area contributed by atoms with Crippen molar-refractivity contribution in [3.8, 4) is 0 Å². The molecular formula is C16H20N2S2. The summed E-state index contributed by atoms with van der Waals surface area (Å²) in [6.07, 6.45) is 0. The molecule has 0 saturated carbocycles. The van der Waals surface area contributed by atoms with Crippen molar-refractivity contribution in [2.24, 2.45) is 0 Å². The predicted octanol–water partition coefficient (Wildman–Crippen LogP) is 4.21. The maximum atomic E-state index is 4.56. The quantitative estimate of drug-likeness (QED) is 0.509. The molecule has 0 N–H and O–H groups in total. The van der Waals surface area contributed by atoms with Crippen LogP contribution in [-0.4, -0.2) is 21.5 Å². The van der Waals surface area contributed by atoms with Crippen LogP contribution in [0.1, 0.15) is 28.4 Å². The van der Waals surface area contributed by atoms with Crippen LogP contribution in [0.25, 0.3) is 0 Å². The topological polar surface area (TPSA) is 25.8 Å². The second-order valence-electron chi connectivity index (χ2n) is 4.90. The summed E-state index contributed by atoms with van der Waals surface area (Å²) in [5.41, 5.74) is 4.66. The highest BCUT2D eigenvalue weighted by molar-refractivity contribution is 7.99. The van der Waals surface area contributed by atoms with E-state index in [2.05, 4.69) is 53.8 Å². The van der Waals surface area contributed by atoms with Gasteiger partial charge in [0, 0.05) is 23.1 Å². The normalized spacial score (nSPS) is 12.4. The lowest BCUT2D eigenvalue weighted by molar-refractivity contribution is 0.862. The van der Waals surface area contributed by atoms with E-state index in [1.165, 1.54) is 11.1 Å². The largest absolute Gasteiger partial charge is 0.228 e. The fourth-order valence-corrected chi connectivity index (χ4v) is 3.54. The molecule has 1 unspecified atom stereocenters. The molecule has 4 heteroatoms. The van der Waals surface area contributed by atoms with E-state index >= 15 is 0 Å². The maximum Gasteiger partial charge on any atom is 0.188 e. The van der Waals surface area contributed by atoms with Gasteiger partial charge in [0.05, 0.1) is 0 Å². The van der Waals surface area contributed by atoms with E-state index in [-0.39, 0.29) is 0 Å². The zero-order valence-corrected chi connectivity index (χ0v) is 13.8. The molecule has 0 bridgehead atoms. The molecule has 0 radical (unpaired) electrons. The minimum atomic E-state index is 0.426. The van der Waals surface area contributed by atoms with Crippen molar-refractivity contribution >= 4 is 24.4 Å². The van der Waals surface area contributed by atoms with Crippen LogP contribution in [0.15, 0.2) is 35.5 Å². The zero-order chi connectivity index (χ0) is 14.5. The Bertz CT molecular complexity index is 547.